The summed E-state index contributed by atoms with van der Waals surface area (Å²) in [5.41, 5.74) is 24.2. The van der Waals surface area contributed by atoms with Gasteiger partial charge in [0.05, 0.1) is 49.3 Å². The van der Waals surface area contributed by atoms with Gasteiger partial charge in [-0.2, -0.15) is 0 Å². The van der Waals surface area contributed by atoms with Crippen molar-refractivity contribution in [3.63, 3.8) is 0 Å². The fourth-order valence-electron chi connectivity index (χ4n) is 16.8. The molecule has 101 heavy (non-hydrogen) atoms. The third kappa shape index (κ3) is 12.4. The number of aryl methyl sites for hydroxylation is 9. The van der Waals surface area contributed by atoms with Crippen LogP contribution >= 0.6 is 0 Å². The zero-order valence-electron chi connectivity index (χ0n) is 61.0. The number of nitrogens with zero attached hydrogens (tertiary/aromatic N) is 6. The first kappa shape index (κ1) is 66.7. The van der Waals surface area contributed by atoms with Crippen LogP contribution in [0.5, 0.6) is 0 Å². The number of pyridine rings is 3. The monoisotopic (exact) mass is 1330 g/mol. The molecule has 0 spiro atoms. The molecule has 16 aromatic rings. The fourth-order valence-corrected chi connectivity index (χ4v) is 16.8. The predicted octanol–water partition coefficient (Wildman–Crippen LogP) is 24.2. The van der Waals surface area contributed by atoms with Gasteiger partial charge in [0.2, 0.25) is 17.1 Å². The van der Waals surface area contributed by atoms with E-state index in [9.17, 15) is 1.37 Å². The first-order valence-corrected chi connectivity index (χ1v) is 35.5. The average molecular weight is 1330 g/mol. The second-order valence-corrected chi connectivity index (χ2v) is 29.3. The van der Waals surface area contributed by atoms with E-state index in [4.69, 9.17) is 1.37 Å². The third-order valence-electron chi connectivity index (χ3n) is 22.5. The maximum absolute atomic E-state index is 9.24. The Morgan fingerprint density at radius 3 is 1.07 bits per heavy atom. The summed E-state index contributed by atoms with van der Waals surface area (Å²) >= 11 is 0. The summed E-state index contributed by atoms with van der Waals surface area (Å²) in [6.45, 7) is 11.2. The Labute approximate surface area is 602 Å². The van der Waals surface area contributed by atoms with Gasteiger partial charge in [0, 0.05) is 91.1 Å². The van der Waals surface area contributed by atoms with Crippen LogP contribution in [0.25, 0.3) is 143 Å². The van der Waals surface area contributed by atoms with Gasteiger partial charge in [0.1, 0.15) is 21.1 Å². The summed E-state index contributed by atoms with van der Waals surface area (Å²) in [5, 5.41) is 15.3. The Morgan fingerprint density at radius 1 is 0.347 bits per heavy atom. The molecule has 10 aromatic carbocycles. The first-order valence-electron chi connectivity index (χ1n) is 36.5. The van der Waals surface area contributed by atoms with Crippen molar-refractivity contribution in [3.8, 4) is 44.9 Å². The largest absolute Gasteiger partial charge is 0.343 e. The van der Waals surface area contributed by atoms with Gasteiger partial charge in [-0.3, -0.25) is 0 Å². The van der Waals surface area contributed by atoms with Gasteiger partial charge in [0.15, 0.2) is 18.6 Å². The molecule has 18 rings (SSSR count). The van der Waals surface area contributed by atoms with E-state index in [1.807, 2.05) is 0 Å². The lowest BCUT2D eigenvalue weighted by Gasteiger charge is -2.34. The van der Waals surface area contributed by atoms with Gasteiger partial charge in [-0.05, 0) is 156 Å². The lowest BCUT2D eigenvalue weighted by molar-refractivity contribution is -0.659. The van der Waals surface area contributed by atoms with Gasteiger partial charge in [-0.25, -0.2) is 13.7 Å². The number of fused-ring (bicyclic) bond motifs is 15. The maximum Gasteiger partial charge on any atom is 0.214 e. The highest BCUT2D eigenvalue weighted by molar-refractivity contribution is 6.20. The molecule has 0 bridgehead atoms. The molecule has 0 N–H and O–H groups in total. The van der Waals surface area contributed by atoms with Crippen molar-refractivity contribution in [2.45, 2.75) is 126 Å². The SMILES string of the molecule is C.C.C.Cc1ccccc1-c1cc2c(c[n+]1C)c1ccc3cc(-c4ccccc4)ccc3c1n2C.[2H]C1(c2ccc3c(ccc4c5c[n+](C)c(-c6ccccc6C)cc5n(C)c34)c2)CCC(C)(C)CC1.[2H]C1(c2ccc3c(ccc4c5c[n+](C)c(-c6ccccc6C)cc5n(C)c34)c2)CCCCC1. The van der Waals surface area contributed by atoms with Crippen LogP contribution < -0.4 is 13.7 Å². The highest BCUT2D eigenvalue weighted by Crippen LogP contribution is 2.45. The maximum atomic E-state index is 9.24. The second kappa shape index (κ2) is 27.7. The Kier molecular flexibility index (Phi) is 18.3. The number of hydrogen-bond acceptors (Lipinski definition) is 0. The second-order valence-electron chi connectivity index (χ2n) is 29.3. The number of benzene rings is 10. The molecule has 0 aliphatic heterocycles. The Morgan fingerprint density at radius 2 is 0.683 bits per heavy atom. The molecule has 2 saturated carbocycles. The minimum absolute atomic E-state index is 0. The standard InChI is InChI=1S/C32H35N2.C30H31N2.C30H25N2.3CH4/c1-21-8-6-7-9-25(21)29-19-30-28(20-33(29)4)27-13-11-24-18-23(10-12-26(24)31(27)34(30)5)22-14-16-32(2,3)17-15-22;2*1-20-9-7-8-12-24(20)28-18-29-27(19-31(28)2)26-16-14-23-17-22(21-10-5-4-6-11-21)13-15-25(23)30(26)32(29)3;;;/h6-13,18-20,22H,14-17H2,1-5H3;7-9,12-19,21H,4-6,10-11H2,1-3H3;4-19H,1-3H3;3*1H4/q3*+1;;;/i22D;21D;;;;. The normalized spacial score (nSPS) is 15.0. The van der Waals surface area contributed by atoms with Crippen LogP contribution in [0, 0.1) is 26.2 Å². The zero-order valence-corrected chi connectivity index (χ0v) is 59.0. The van der Waals surface area contributed by atoms with Gasteiger partial charge in [0.25, 0.3) is 0 Å². The van der Waals surface area contributed by atoms with E-state index in [1.54, 1.807) is 0 Å². The van der Waals surface area contributed by atoms with E-state index in [-0.39, 0.29) is 22.3 Å². The minimum atomic E-state index is -0.464. The average Bonchev–Trinajstić information content (AvgIpc) is 1.60. The smallest absolute Gasteiger partial charge is 0.214 e. The summed E-state index contributed by atoms with van der Waals surface area (Å²) in [6.07, 6.45) is 16.5. The van der Waals surface area contributed by atoms with Gasteiger partial charge in [-0.15, -0.1) is 0 Å². The summed E-state index contributed by atoms with van der Waals surface area (Å²) in [6, 6.07) is 77.4. The van der Waals surface area contributed by atoms with Crippen LogP contribution in [-0.2, 0) is 42.3 Å². The minimum Gasteiger partial charge on any atom is -0.343 e. The number of rotatable bonds is 6. The predicted molar refractivity (Wildman–Crippen MR) is 434 cm³/mol. The Bertz CT molecular complexity index is 5950. The molecule has 0 saturated heterocycles. The van der Waals surface area contributed by atoms with Crippen LogP contribution in [-0.4, -0.2) is 13.7 Å². The van der Waals surface area contributed by atoms with Crippen LogP contribution in [0.15, 0.2) is 231 Å². The molecular weight excluding hydrogens is 1230 g/mol. The van der Waals surface area contributed by atoms with Gasteiger partial charge >= 0.3 is 0 Å². The molecular formula is C95H103N6+3. The quantitative estimate of drug-likeness (QED) is 0.148. The van der Waals surface area contributed by atoms with E-state index in [0.717, 1.165) is 38.5 Å². The highest BCUT2D eigenvalue weighted by Gasteiger charge is 2.29. The van der Waals surface area contributed by atoms with Crippen molar-refractivity contribution >= 4 is 97.7 Å². The molecule has 0 atom stereocenters. The first-order chi connectivity index (χ1) is 48.2. The summed E-state index contributed by atoms with van der Waals surface area (Å²) in [5.74, 6) is -0.885. The molecule has 6 aromatic heterocycles. The van der Waals surface area contributed by atoms with Crippen LogP contribution in [0.3, 0.4) is 0 Å². The molecule has 6 heteroatoms. The lowest BCUT2D eigenvalue weighted by Crippen LogP contribution is -2.30. The van der Waals surface area contributed by atoms with Crippen molar-refractivity contribution in [3.05, 3.63) is 259 Å². The van der Waals surface area contributed by atoms with E-state index >= 15 is 0 Å². The molecule has 0 radical (unpaired) electrons. The van der Waals surface area contributed by atoms with Crippen LogP contribution in [0.1, 0.15) is 136 Å². The summed E-state index contributed by atoms with van der Waals surface area (Å²) < 4.78 is 32.1. The Hall–Kier alpha value is -10.2. The van der Waals surface area contributed by atoms with Crippen molar-refractivity contribution in [1.29, 1.82) is 0 Å². The van der Waals surface area contributed by atoms with E-state index in [2.05, 4.69) is 335 Å². The topological polar surface area (TPSA) is 26.4 Å². The summed E-state index contributed by atoms with van der Waals surface area (Å²) in [7, 11) is 13.0. The van der Waals surface area contributed by atoms with Crippen molar-refractivity contribution in [1.82, 2.24) is 13.7 Å². The Balaban J connectivity index is 0.000000136. The van der Waals surface area contributed by atoms with Gasteiger partial charge < -0.3 is 13.7 Å². The van der Waals surface area contributed by atoms with E-state index in [1.165, 1.54) is 190 Å². The van der Waals surface area contributed by atoms with Crippen molar-refractivity contribution in [2.75, 3.05) is 0 Å². The number of aromatic nitrogens is 6. The third-order valence-corrected chi connectivity index (χ3v) is 22.5. The molecule has 510 valence electrons. The fraction of sp³-hybridized carbons (Fsp3) is 0.274. The van der Waals surface area contributed by atoms with Crippen molar-refractivity contribution < 1.29 is 16.4 Å². The van der Waals surface area contributed by atoms with E-state index in [0.29, 0.717) is 5.41 Å². The van der Waals surface area contributed by atoms with E-state index < -0.39 is 11.8 Å². The van der Waals surface area contributed by atoms with Crippen molar-refractivity contribution in [2.24, 2.45) is 47.7 Å². The molecule has 0 amide bonds. The molecule has 0 unspecified atom stereocenters. The molecule has 2 aliphatic carbocycles. The van der Waals surface area contributed by atoms with Crippen LogP contribution in [0.2, 0.25) is 0 Å². The number of hydrogen-bond donors (Lipinski definition) is 0. The summed E-state index contributed by atoms with van der Waals surface area (Å²) in [4.78, 5) is 0. The molecule has 2 fully saturated rings. The molecule has 6 heterocycles. The molecule has 6 nitrogen and oxygen atoms in total. The highest BCUT2D eigenvalue weighted by atomic mass is 15.0. The molecule has 2 aliphatic rings. The van der Waals surface area contributed by atoms with Gasteiger partial charge in [-0.1, -0.05) is 225 Å². The lowest BCUT2D eigenvalue weighted by atomic mass is 9.71. The zero-order chi connectivity index (χ0) is 69.1. The van der Waals surface area contributed by atoms with Crippen LogP contribution in [0.4, 0.5) is 0 Å².